The number of methoxy groups -OCH3 is 1. The summed E-state index contributed by atoms with van der Waals surface area (Å²) < 4.78 is 4.52. The highest BCUT2D eigenvalue weighted by molar-refractivity contribution is 5.96. The number of nitrogens with one attached hydrogen (secondary N) is 1. The first kappa shape index (κ1) is 14.0. The molecule has 1 amide bonds. The first-order chi connectivity index (χ1) is 8.45. The molecular formula is C12H17N3O3. The van der Waals surface area contributed by atoms with Crippen molar-refractivity contribution in [1.82, 2.24) is 10.3 Å². The van der Waals surface area contributed by atoms with Crippen LogP contribution in [0.4, 0.5) is 5.82 Å². The van der Waals surface area contributed by atoms with Crippen LogP contribution in [0, 0.1) is 0 Å². The number of esters is 1. The molecule has 1 aromatic rings. The number of aromatic nitrogens is 1. The van der Waals surface area contributed by atoms with Gasteiger partial charge in [-0.1, -0.05) is 0 Å². The third-order valence-corrected chi connectivity index (χ3v) is 2.37. The molecule has 0 unspecified atom stereocenters. The highest BCUT2D eigenvalue weighted by atomic mass is 16.5. The molecule has 0 spiro atoms. The predicted molar refractivity (Wildman–Crippen MR) is 67.5 cm³/mol. The van der Waals surface area contributed by atoms with Gasteiger partial charge in [0.2, 0.25) is 0 Å². The summed E-state index contributed by atoms with van der Waals surface area (Å²) in [5.41, 5.74) is 0.399. The van der Waals surface area contributed by atoms with Crippen molar-refractivity contribution in [3.05, 3.63) is 23.9 Å². The van der Waals surface area contributed by atoms with Crippen molar-refractivity contribution in [1.29, 1.82) is 0 Å². The number of pyridine rings is 1. The second kappa shape index (κ2) is 6.00. The van der Waals surface area contributed by atoms with Gasteiger partial charge in [0.15, 0.2) is 0 Å². The van der Waals surface area contributed by atoms with Gasteiger partial charge in [-0.25, -0.2) is 9.78 Å². The van der Waals surface area contributed by atoms with Crippen LogP contribution in [0.2, 0.25) is 0 Å². The number of hydrogen-bond donors (Lipinski definition) is 1. The molecule has 0 fully saturated rings. The van der Waals surface area contributed by atoms with Gasteiger partial charge in [-0.15, -0.1) is 0 Å². The summed E-state index contributed by atoms with van der Waals surface area (Å²) in [7, 11) is 5.00. The van der Waals surface area contributed by atoms with Gasteiger partial charge in [-0.2, -0.15) is 0 Å². The average Bonchev–Trinajstić information content (AvgIpc) is 2.37. The number of anilines is 1. The second-order valence-corrected chi connectivity index (χ2v) is 4.02. The van der Waals surface area contributed by atoms with Gasteiger partial charge in [-0.05, 0) is 19.1 Å². The first-order valence-electron chi connectivity index (χ1n) is 5.47. The number of ether oxygens (including phenoxy) is 1. The second-order valence-electron chi connectivity index (χ2n) is 4.02. The van der Waals surface area contributed by atoms with Crippen molar-refractivity contribution >= 4 is 17.7 Å². The predicted octanol–water partition coefficient (Wildman–Crippen LogP) is 0.439. The molecular weight excluding hydrogens is 234 g/mol. The SMILES string of the molecule is COC(=O)[C@@H](C)NC(=O)c1ccc(N(C)C)nc1. The van der Waals surface area contributed by atoms with E-state index in [9.17, 15) is 9.59 Å². The number of carbonyl (C=O) groups is 2. The van der Waals surface area contributed by atoms with Gasteiger partial charge in [0, 0.05) is 20.3 Å². The fourth-order valence-corrected chi connectivity index (χ4v) is 1.30. The number of amides is 1. The Kier molecular flexibility index (Phi) is 4.65. The molecule has 1 atom stereocenters. The van der Waals surface area contributed by atoms with Gasteiger partial charge in [-0.3, -0.25) is 4.79 Å². The van der Waals surface area contributed by atoms with E-state index in [1.165, 1.54) is 13.3 Å². The fraction of sp³-hybridized carbons (Fsp3) is 0.417. The van der Waals surface area contributed by atoms with Crippen LogP contribution < -0.4 is 10.2 Å². The third kappa shape index (κ3) is 3.44. The molecule has 1 aromatic heterocycles. The molecule has 0 aliphatic heterocycles. The van der Waals surface area contributed by atoms with Crippen molar-refractivity contribution in [3.63, 3.8) is 0 Å². The van der Waals surface area contributed by atoms with E-state index < -0.39 is 12.0 Å². The van der Waals surface area contributed by atoms with E-state index in [1.807, 2.05) is 19.0 Å². The Morgan fingerprint density at radius 2 is 2.06 bits per heavy atom. The van der Waals surface area contributed by atoms with Gasteiger partial charge in [0.05, 0.1) is 12.7 Å². The zero-order valence-electron chi connectivity index (χ0n) is 10.9. The van der Waals surface area contributed by atoms with Crippen LogP contribution >= 0.6 is 0 Å². The van der Waals surface area contributed by atoms with E-state index in [2.05, 4.69) is 15.0 Å². The van der Waals surface area contributed by atoms with Gasteiger partial charge in [0.25, 0.3) is 5.91 Å². The number of nitrogens with zero attached hydrogens (tertiary/aromatic N) is 2. The summed E-state index contributed by atoms with van der Waals surface area (Å²) in [6, 6.07) is 2.70. The van der Waals surface area contributed by atoms with Gasteiger partial charge < -0.3 is 15.0 Å². The van der Waals surface area contributed by atoms with E-state index in [0.29, 0.717) is 5.56 Å². The van der Waals surface area contributed by atoms with Gasteiger partial charge in [0.1, 0.15) is 11.9 Å². The molecule has 0 bridgehead atoms. The number of rotatable bonds is 4. The smallest absolute Gasteiger partial charge is 0.328 e. The molecule has 0 radical (unpaired) electrons. The molecule has 0 saturated carbocycles. The summed E-state index contributed by atoms with van der Waals surface area (Å²) in [4.78, 5) is 28.9. The van der Waals surface area contributed by atoms with Gasteiger partial charge >= 0.3 is 5.97 Å². The summed E-state index contributed by atoms with van der Waals surface area (Å²) >= 11 is 0. The maximum atomic E-state index is 11.8. The standard InChI is InChI=1S/C12H17N3O3/c1-8(12(17)18-4)14-11(16)9-5-6-10(13-7-9)15(2)3/h5-8H,1-4H3,(H,14,16)/t8-/m1/s1. The molecule has 0 aromatic carbocycles. The summed E-state index contributed by atoms with van der Waals surface area (Å²) in [6.07, 6.45) is 1.47. The topological polar surface area (TPSA) is 71.5 Å². The summed E-state index contributed by atoms with van der Waals surface area (Å²) in [6.45, 7) is 1.56. The van der Waals surface area contributed by atoms with Crippen molar-refractivity contribution in [3.8, 4) is 0 Å². The lowest BCUT2D eigenvalue weighted by atomic mass is 10.2. The third-order valence-electron chi connectivity index (χ3n) is 2.37. The zero-order valence-corrected chi connectivity index (χ0v) is 10.9. The Balaban J connectivity index is 2.70. The molecule has 6 nitrogen and oxygen atoms in total. The molecule has 0 aliphatic rings. The maximum absolute atomic E-state index is 11.8. The Bertz CT molecular complexity index is 429. The normalized spacial score (nSPS) is 11.6. The molecule has 6 heteroatoms. The minimum absolute atomic E-state index is 0.356. The lowest BCUT2D eigenvalue weighted by Gasteiger charge is -2.13. The van der Waals surface area contributed by atoms with E-state index in [1.54, 1.807) is 19.1 Å². The van der Waals surface area contributed by atoms with Crippen molar-refractivity contribution in [2.24, 2.45) is 0 Å². The number of hydrogen-bond acceptors (Lipinski definition) is 5. The molecule has 0 aliphatic carbocycles. The minimum atomic E-state index is -0.684. The minimum Gasteiger partial charge on any atom is -0.467 e. The highest BCUT2D eigenvalue weighted by Gasteiger charge is 2.16. The summed E-state index contributed by atoms with van der Waals surface area (Å²) in [5, 5.41) is 2.53. The van der Waals surface area contributed by atoms with E-state index in [-0.39, 0.29) is 5.91 Å². The maximum Gasteiger partial charge on any atom is 0.328 e. The molecule has 1 N–H and O–H groups in total. The molecule has 0 saturated heterocycles. The Hall–Kier alpha value is -2.11. The zero-order chi connectivity index (χ0) is 13.7. The molecule has 98 valence electrons. The Morgan fingerprint density at radius 3 is 2.50 bits per heavy atom. The fourth-order valence-electron chi connectivity index (χ4n) is 1.30. The van der Waals surface area contributed by atoms with Crippen LogP contribution in [0.1, 0.15) is 17.3 Å². The van der Waals surface area contributed by atoms with Crippen molar-refractivity contribution in [2.75, 3.05) is 26.1 Å². The number of carbonyl (C=O) groups excluding carboxylic acids is 2. The van der Waals surface area contributed by atoms with Crippen molar-refractivity contribution in [2.45, 2.75) is 13.0 Å². The van der Waals surface area contributed by atoms with E-state index in [0.717, 1.165) is 5.82 Å². The average molecular weight is 251 g/mol. The highest BCUT2D eigenvalue weighted by Crippen LogP contribution is 2.07. The molecule has 18 heavy (non-hydrogen) atoms. The molecule has 1 heterocycles. The Morgan fingerprint density at radius 1 is 1.39 bits per heavy atom. The Labute approximate surface area is 106 Å². The molecule has 1 rings (SSSR count). The van der Waals surface area contributed by atoms with Crippen LogP contribution in [-0.2, 0) is 9.53 Å². The largest absolute Gasteiger partial charge is 0.467 e. The lowest BCUT2D eigenvalue weighted by molar-refractivity contribution is -0.142. The van der Waals surface area contributed by atoms with Crippen molar-refractivity contribution < 1.29 is 14.3 Å². The van der Waals surface area contributed by atoms with Crippen LogP contribution in [0.15, 0.2) is 18.3 Å². The van der Waals surface area contributed by atoms with E-state index >= 15 is 0 Å². The first-order valence-corrected chi connectivity index (χ1v) is 5.47. The monoisotopic (exact) mass is 251 g/mol. The quantitative estimate of drug-likeness (QED) is 0.786. The van der Waals surface area contributed by atoms with Crippen LogP contribution in [0.5, 0.6) is 0 Å². The van der Waals surface area contributed by atoms with Crippen LogP contribution in [0.3, 0.4) is 0 Å². The lowest BCUT2D eigenvalue weighted by Crippen LogP contribution is -2.39. The van der Waals surface area contributed by atoms with E-state index in [4.69, 9.17) is 0 Å². The van der Waals surface area contributed by atoms with Crippen LogP contribution in [0.25, 0.3) is 0 Å². The summed E-state index contributed by atoms with van der Waals surface area (Å²) in [5.74, 6) is -0.0838. The van der Waals surface area contributed by atoms with Crippen LogP contribution in [-0.4, -0.2) is 44.1 Å².